The van der Waals surface area contributed by atoms with Gasteiger partial charge in [-0.05, 0) is 11.4 Å². The Morgan fingerprint density at radius 3 is 2.90 bits per heavy atom. The van der Waals surface area contributed by atoms with Crippen LogP contribution in [0.3, 0.4) is 0 Å². The normalized spacial score (nSPS) is 15.8. The van der Waals surface area contributed by atoms with Crippen LogP contribution in [0, 0.1) is 5.92 Å². The molecule has 1 fully saturated rings. The van der Waals surface area contributed by atoms with E-state index in [0.717, 1.165) is 54.7 Å². The molecule has 3 aromatic heterocycles. The zero-order valence-electron chi connectivity index (χ0n) is 17.0. The number of thiophene rings is 1. The van der Waals surface area contributed by atoms with Crippen LogP contribution in [0.2, 0.25) is 0 Å². The first-order valence-corrected chi connectivity index (χ1v) is 11.0. The highest BCUT2D eigenvalue weighted by atomic mass is 32.1. The van der Waals surface area contributed by atoms with Crippen molar-refractivity contribution in [3.05, 3.63) is 42.3 Å². The molecule has 1 aliphatic heterocycles. The third-order valence-corrected chi connectivity index (χ3v) is 6.02. The van der Waals surface area contributed by atoms with Crippen LogP contribution in [-0.2, 0) is 16.1 Å². The molecular formula is C21H26N6O2S. The van der Waals surface area contributed by atoms with Crippen molar-refractivity contribution in [2.75, 3.05) is 39.4 Å². The van der Waals surface area contributed by atoms with Crippen LogP contribution in [-0.4, -0.2) is 69.9 Å². The Morgan fingerprint density at radius 1 is 1.30 bits per heavy atom. The fourth-order valence-corrected chi connectivity index (χ4v) is 4.35. The summed E-state index contributed by atoms with van der Waals surface area (Å²) in [4.78, 5) is 24.5. The number of carbonyl (C=O) groups excluding carboxylic acids is 1. The molecule has 9 heteroatoms. The molecule has 1 N–H and O–H groups in total. The predicted octanol–water partition coefficient (Wildman–Crippen LogP) is 2.15. The van der Waals surface area contributed by atoms with Gasteiger partial charge in [0.05, 0.1) is 48.4 Å². The van der Waals surface area contributed by atoms with Gasteiger partial charge in [0.15, 0.2) is 0 Å². The number of morpholine rings is 1. The average molecular weight is 427 g/mol. The highest BCUT2D eigenvalue weighted by molar-refractivity contribution is 7.13. The molecule has 8 nitrogen and oxygen atoms in total. The summed E-state index contributed by atoms with van der Waals surface area (Å²) in [6, 6.07) is 4.09. The van der Waals surface area contributed by atoms with Gasteiger partial charge in [0.1, 0.15) is 0 Å². The van der Waals surface area contributed by atoms with E-state index in [-0.39, 0.29) is 11.8 Å². The number of amides is 1. The highest BCUT2D eigenvalue weighted by Crippen LogP contribution is 2.33. The molecule has 1 aliphatic rings. The summed E-state index contributed by atoms with van der Waals surface area (Å²) in [5.41, 5.74) is 2.73. The minimum atomic E-state index is -0.0624. The first-order valence-electron chi connectivity index (χ1n) is 10.2. The van der Waals surface area contributed by atoms with E-state index in [1.54, 1.807) is 29.9 Å². The maximum Gasteiger partial charge on any atom is 0.224 e. The summed E-state index contributed by atoms with van der Waals surface area (Å²) in [5.74, 6) is 0.00751. The third-order valence-electron chi connectivity index (χ3n) is 5.14. The summed E-state index contributed by atoms with van der Waals surface area (Å²) >= 11 is 1.66. The Kier molecular flexibility index (Phi) is 6.83. The molecule has 0 unspecified atom stereocenters. The Hall–Kier alpha value is -2.62. The maximum atomic E-state index is 12.5. The topological polar surface area (TPSA) is 85.2 Å². The van der Waals surface area contributed by atoms with Crippen molar-refractivity contribution in [1.82, 2.24) is 30.0 Å². The minimum absolute atomic E-state index is 0.0624. The smallest absolute Gasteiger partial charge is 0.224 e. The lowest BCUT2D eigenvalue weighted by Crippen LogP contribution is -2.43. The molecule has 4 heterocycles. The van der Waals surface area contributed by atoms with Gasteiger partial charge in [-0.1, -0.05) is 13.0 Å². The van der Waals surface area contributed by atoms with Crippen molar-refractivity contribution in [2.24, 2.45) is 5.92 Å². The van der Waals surface area contributed by atoms with Gasteiger partial charge in [-0.15, -0.1) is 11.3 Å². The molecule has 0 aliphatic carbocycles. The van der Waals surface area contributed by atoms with Crippen molar-refractivity contribution in [3.63, 3.8) is 0 Å². The van der Waals surface area contributed by atoms with E-state index < -0.39 is 0 Å². The number of rotatable bonds is 8. The van der Waals surface area contributed by atoms with Crippen molar-refractivity contribution in [2.45, 2.75) is 13.5 Å². The molecule has 4 rings (SSSR count). The number of hydrogen-bond donors (Lipinski definition) is 1. The molecule has 0 radical (unpaired) electrons. The lowest BCUT2D eigenvalue weighted by atomic mass is 10.1. The lowest BCUT2D eigenvalue weighted by molar-refractivity contribution is -0.125. The quantitative estimate of drug-likeness (QED) is 0.594. The summed E-state index contributed by atoms with van der Waals surface area (Å²) in [6.45, 7) is 7.10. The Balaban J connectivity index is 1.40. The first-order chi connectivity index (χ1) is 14.7. The number of carbonyl (C=O) groups is 1. The molecule has 30 heavy (non-hydrogen) atoms. The third kappa shape index (κ3) is 4.92. The second kappa shape index (κ2) is 9.92. The van der Waals surface area contributed by atoms with Crippen LogP contribution in [0.1, 0.15) is 6.92 Å². The first kappa shape index (κ1) is 20.6. The fraction of sp³-hybridized carbons (Fsp3) is 0.429. The van der Waals surface area contributed by atoms with Crippen molar-refractivity contribution >= 4 is 17.2 Å². The van der Waals surface area contributed by atoms with E-state index in [1.807, 2.05) is 29.2 Å². The standard InChI is InChI=1S/C21H26N6O2S/c1-16(15-26-8-10-29-11-9-26)21(28)24-6-7-27-20(19-3-2-12-30-19)17(13-25-27)18-14-22-4-5-23-18/h2-5,12-14,16H,6-11,15H2,1H3,(H,24,28)/t16-/m0/s1. The van der Waals surface area contributed by atoms with E-state index in [1.165, 1.54) is 0 Å². The Morgan fingerprint density at radius 2 is 2.17 bits per heavy atom. The van der Waals surface area contributed by atoms with Crippen molar-refractivity contribution < 1.29 is 9.53 Å². The molecular weight excluding hydrogens is 400 g/mol. The Labute approximate surface area is 179 Å². The van der Waals surface area contributed by atoms with E-state index in [0.29, 0.717) is 13.1 Å². The molecule has 0 saturated carbocycles. The monoisotopic (exact) mass is 426 g/mol. The number of nitrogens with one attached hydrogen (secondary N) is 1. The van der Waals surface area contributed by atoms with Gasteiger partial charge in [-0.25, -0.2) is 0 Å². The van der Waals surface area contributed by atoms with E-state index in [2.05, 4.69) is 31.3 Å². The summed E-state index contributed by atoms with van der Waals surface area (Å²) in [5, 5.41) is 9.67. The van der Waals surface area contributed by atoms with Gasteiger partial charge in [0.2, 0.25) is 5.91 Å². The number of ether oxygens (including phenoxy) is 1. The maximum absolute atomic E-state index is 12.5. The molecule has 1 saturated heterocycles. The van der Waals surface area contributed by atoms with Gasteiger partial charge in [0.25, 0.3) is 0 Å². The van der Waals surface area contributed by atoms with Crippen LogP contribution in [0.5, 0.6) is 0 Å². The summed E-state index contributed by atoms with van der Waals surface area (Å²) in [6.07, 6.45) is 6.91. The second-order valence-corrected chi connectivity index (χ2v) is 8.25. The van der Waals surface area contributed by atoms with E-state index in [4.69, 9.17) is 4.74 Å². The van der Waals surface area contributed by atoms with Crippen molar-refractivity contribution in [1.29, 1.82) is 0 Å². The molecule has 0 aromatic carbocycles. The van der Waals surface area contributed by atoms with Crippen LogP contribution < -0.4 is 5.32 Å². The van der Waals surface area contributed by atoms with Gasteiger partial charge in [-0.3, -0.25) is 24.3 Å². The highest BCUT2D eigenvalue weighted by Gasteiger charge is 2.20. The molecule has 3 aromatic rings. The Bertz CT molecular complexity index is 938. The predicted molar refractivity (Wildman–Crippen MR) is 116 cm³/mol. The largest absolute Gasteiger partial charge is 0.379 e. The second-order valence-electron chi connectivity index (χ2n) is 7.30. The summed E-state index contributed by atoms with van der Waals surface area (Å²) < 4.78 is 7.31. The average Bonchev–Trinajstić information content (AvgIpc) is 3.44. The zero-order valence-corrected chi connectivity index (χ0v) is 17.8. The molecule has 158 valence electrons. The van der Waals surface area contributed by atoms with Crippen LogP contribution >= 0.6 is 11.3 Å². The van der Waals surface area contributed by atoms with E-state index in [9.17, 15) is 4.79 Å². The van der Waals surface area contributed by atoms with Crippen LogP contribution in [0.25, 0.3) is 21.8 Å². The molecule has 0 spiro atoms. The number of hydrogen-bond acceptors (Lipinski definition) is 7. The van der Waals surface area contributed by atoms with Gasteiger partial charge in [-0.2, -0.15) is 5.10 Å². The SMILES string of the molecule is C[C@@H](CN1CCOCC1)C(=O)NCCn1ncc(-c2cnccn2)c1-c1cccs1. The molecule has 1 atom stereocenters. The lowest BCUT2D eigenvalue weighted by Gasteiger charge is -2.28. The van der Waals surface area contributed by atoms with Crippen molar-refractivity contribution in [3.8, 4) is 21.8 Å². The molecule has 1 amide bonds. The van der Waals surface area contributed by atoms with Gasteiger partial charge < -0.3 is 10.1 Å². The van der Waals surface area contributed by atoms with E-state index >= 15 is 0 Å². The van der Waals surface area contributed by atoms with Crippen LogP contribution in [0.4, 0.5) is 0 Å². The van der Waals surface area contributed by atoms with Gasteiger partial charge >= 0.3 is 0 Å². The minimum Gasteiger partial charge on any atom is -0.379 e. The zero-order chi connectivity index (χ0) is 20.8. The van der Waals surface area contributed by atoms with Gasteiger partial charge in [0, 0.05) is 50.1 Å². The summed E-state index contributed by atoms with van der Waals surface area (Å²) in [7, 11) is 0. The number of aromatic nitrogens is 4. The number of nitrogens with zero attached hydrogens (tertiary/aromatic N) is 5. The fourth-order valence-electron chi connectivity index (χ4n) is 3.57. The van der Waals surface area contributed by atoms with Crippen LogP contribution in [0.15, 0.2) is 42.3 Å². The molecule has 0 bridgehead atoms.